The number of pyridine rings is 1. The Morgan fingerprint density at radius 1 is 1.48 bits per heavy atom. The average Bonchev–Trinajstić information content (AvgIpc) is 2.94. The van der Waals surface area contributed by atoms with E-state index >= 15 is 0 Å². The summed E-state index contributed by atoms with van der Waals surface area (Å²) < 4.78 is 5.40. The first-order valence-electron chi connectivity index (χ1n) is 7.60. The molecule has 23 heavy (non-hydrogen) atoms. The largest absolute Gasteiger partial charge is 0.375 e. The lowest BCUT2D eigenvalue weighted by atomic mass is 10.1. The molecule has 0 bridgehead atoms. The molecule has 0 aliphatic carbocycles. The van der Waals surface area contributed by atoms with Gasteiger partial charge in [-0.3, -0.25) is 9.59 Å². The molecule has 7 heteroatoms. The second-order valence-electron chi connectivity index (χ2n) is 5.81. The number of aromatic amines is 1. The van der Waals surface area contributed by atoms with E-state index in [2.05, 4.69) is 15.3 Å². The van der Waals surface area contributed by atoms with E-state index in [1.807, 2.05) is 13.8 Å². The van der Waals surface area contributed by atoms with Gasteiger partial charge in [0.2, 0.25) is 5.56 Å². The quantitative estimate of drug-likeness (QED) is 0.896. The number of H-pyrrole nitrogens is 1. The zero-order valence-electron chi connectivity index (χ0n) is 13.1. The Hall–Kier alpha value is -1.99. The summed E-state index contributed by atoms with van der Waals surface area (Å²) in [5.74, 6) is -0.108. The van der Waals surface area contributed by atoms with Crippen molar-refractivity contribution in [1.82, 2.24) is 15.3 Å². The summed E-state index contributed by atoms with van der Waals surface area (Å²) in [6.45, 7) is 5.60. The fourth-order valence-corrected chi connectivity index (χ4v) is 3.41. The summed E-state index contributed by atoms with van der Waals surface area (Å²) in [4.78, 5) is 32.4. The van der Waals surface area contributed by atoms with Crippen LogP contribution in [0.2, 0.25) is 0 Å². The number of carbonyl (C=O) groups excluding carboxylic acids is 1. The van der Waals surface area contributed by atoms with Crippen LogP contribution in [0.4, 0.5) is 0 Å². The molecule has 0 aromatic carbocycles. The number of thiazole rings is 1. The fraction of sp³-hybridized carbons (Fsp3) is 0.438. The highest BCUT2D eigenvalue weighted by atomic mass is 32.1. The van der Waals surface area contributed by atoms with E-state index in [1.54, 1.807) is 17.4 Å². The van der Waals surface area contributed by atoms with Crippen molar-refractivity contribution in [2.75, 3.05) is 6.61 Å². The molecule has 0 unspecified atom stereocenters. The molecule has 3 rings (SSSR count). The molecule has 0 saturated heterocycles. The maximum Gasteiger partial charge on any atom is 0.251 e. The Bertz CT molecular complexity index is 756. The number of nitrogens with one attached hydrogen (secondary N) is 2. The zero-order valence-corrected chi connectivity index (χ0v) is 14.0. The highest BCUT2D eigenvalue weighted by Crippen LogP contribution is 2.23. The third-order valence-corrected chi connectivity index (χ3v) is 4.76. The van der Waals surface area contributed by atoms with Crippen LogP contribution in [-0.4, -0.2) is 22.5 Å². The average molecular weight is 333 g/mol. The van der Waals surface area contributed by atoms with E-state index in [-0.39, 0.29) is 17.4 Å². The van der Waals surface area contributed by atoms with E-state index in [1.165, 1.54) is 6.07 Å². The number of hydrogen-bond acceptors (Lipinski definition) is 5. The third-order valence-electron chi connectivity index (χ3n) is 3.69. The van der Waals surface area contributed by atoms with Gasteiger partial charge in [-0.1, -0.05) is 13.8 Å². The summed E-state index contributed by atoms with van der Waals surface area (Å²) >= 11 is 1.56. The van der Waals surface area contributed by atoms with Crippen molar-refractivity contribution in [3.63, 3.8) is 0 Å². The highest BCUT2D eigenvalue weighted by Gasteiger charge is 2.16. The van der Waals surface area contributed by atoms with E-state index < -0.39 is 0 Å². The van der Waals surface area contributed by atoms with Gasteiger partial charge in [0.1, 0.15) is 5.01 Å². The Labute approximate surface area is 137 Å². The maximum absolute atomic E-state index is 12.3. The monoisotopic (exact) mass is 333 g/mol. The van der Waals surface area contributed by atoms with Gasteiger partial charge >= 0.3 is 0 Å². The Balaban J connectivity index is 1.70. The Morgan fingerprint density at radius 3 is 3.04 bits per heavy atom. The molecule has 1 aliphatic heterocycles. The fourth-order valence-electron chi connectivity index (χ4n) is 2.42. The summed E-state index contributed by atoms with van der Waals surface area (Å²) in [5.41, 5.74) is 1.94. The molecule has 1 amide bonds. The molecule has 0 radical (unpaired) electrons. The summed E-state index contributed by atoms with van der Waals surface area (Å²) in [6, 6.07) is 3.05. The smallest absolute Gasteiger partial charge is 0.251 e. The Morgan fingerprint density at radius 2 is 2.30 bits per heavy atom. The zero-order chi connectivity index (χ0) is 16.4. The number of rotatable bonds is 4. The number of hydrogen-bond donors (Lipinski definition) is 2. The predicted octanol–water partition coefficient (Wildman–Crippen LogP) is 1.96. The van der Waals surface area contributed by atoms with Crippen LogP contribution < -0.4 is 10.9 Å². The minimum Gasteiger partial charge on any atom is -0.375 e. The second-order valence-corrected chi connectivity index (χ2v) is 6.97. The molecular formula is C16H19N3O3S. The van der Waals surface area contributed by atoms with Gasteiger partial charge in [0, 0.05) is 23.7 Å². The first-order chi connectivity index (χ1) is 11.0. The van der Waals surface area contributed by atoms with Gasteiger partial charge in [-0.05, 0) is 12.0 Å². The first kappa shape index (κ1) is 15.9. The third kappa shape index (κ3) is 3.68. The lowest BCUT2D eigenvalue weighted by molar-refractivity contribution is 0.0950. The molecule has 122 valence electrons. The van der Waals surface area contributed by atoms with Crippen molar-refractivity contribution in [1.29, 1.82) is 0 Å². The number of fused-ring (bicyclic) bond motifs is 1. The van der Waals surface area contributed by atoms with Gasteiger partial charge in [0.25, 0.3) is 5.91 Å². The van der Waals surface area contributed by atoms with Crippen LogP contribution in [-0.2, 0) is 24.3 Å². The van der Waals surface area contributed by atoms with Crippen LogP contribution in [0.15, 0.2) is 16.9 Å². The summed E-state index contributed by atoms with van der Waals surface area (Å²) in [6.07, 6.45) is 0.825. The molecule has 0 spiro atoms. The number of carbonyl (C=O) groups is 1. The van der Waals surface area contributed by atoms with Crippen LogP contribution in [0.1, 0.15) is 51.4 Å². The van der Waals surface area contributed by atoms with E-state index in [4.69, 9.17) is 4.74 Å². The lowest BCUT2D eigenvalue weighted by Gasteiger charge is -2.08. The number of amides is 1. The topological polar surface area (TPSA) is 84.1 Å². The van der Waals surface area contributed by atoms with Crippen LogP contribution in [0.5, 0.6) is 0 Å². The highest BCUT2D eigenvalue weighted by molar-refractivity contribution is 7.11. The molecule has 2 aromatic heterocycles. The van der Waals surface area contributed by atoms with E-state index in [0.717, 1.165) is 27.7 Å². The maximum atomic E-state index is 12.3. The van der Waals surface area contributed by atoms with E-state index in [0.29, 0.717) is 25.3 Å². The SMILES string of the molecule is CC(C)c1cc(C(=O)NCc2nc3c(s2)COCC3)cc(=O)[nH]1. The Kier molecular flexibility index (Phi) is 4.58. The van der Waals surface area contributed by atoms with Gasteiger partial charge in [-0.15, -0.1) is 11.3 Å². The van der Waals surface area contributed by atoms with Gasteiger partial charge in [-0.25, -0.2) is 4.98 Å². The van der Waals surface area contributed by atoms with Crippen LogP contribution in [0.3, 0.4) is 0 Å². The van der Waals surface area contributed by atoms with Crippen LogP contribution >= 0.6 is 11.3 Å². The van der Waals surface area contributed by atoms with Crippen molar-refractivity contribution in [2.24, 2.45) is 0 Å². The summed E-state index contributed by atoms with van der Waals surface area (Å²) in [7, 11) is 0. The van der Waals surface area contributed by atoms with Gasteiger partial charge < -0.3 is 15.0 Å². The predicted molar refractivity (Wildman–Crippen MR) is 87.8 cm³/mol. The molecule has 0 atom stereocenters. The minimum atomic E-state index is -0.262. The number of ether oxygens (including phenoxy) is 1. The van der Waals surface area contributed by atoms with Crippen LogP contribution in [0, 0.1) is 0 Å². The standard InChI is InChI=1S/C16H19N3O3S/c1-9(2)12-5-10(6-14(20)18-12)16(21)17-7-15-19-11-3-4-22-8-13(11)23-15/h5-6,9H,3-4,7-8H2,1-2H3,(H,17,21)(H,18,20). The van der Waals surface area contributed by atoms with Crippen molar-refractivity contribution >= 4 is 17.2 Å². The van der Waals surface area contributed by atoms with Crippen molar-refractivity contribution in [3.05, 3.63) is 49.3 Å². The molecule has 0 saturated carbocycles. The molecule has 6 nitrogen and oxygen atoms in total. The molecule has 2 aromatic rings. The van der Waals surface area contributed by atoms with E-state index in [9.17, 15) is 9.59 Å². The van der Waals surface area contributed by atoms with Crippen molar-refractivity contribution in [2.45, 2.75) is 39.3 Å². The molecule has 1 aliphatic rings. The minimum absolute atomic E-state index is 0.154. The lowest BCUT2D eigenvalue weighted by Crippen LogP contribution is -2.25. The number of nitrogens with zero attached hydrogens (tertiary/aromatic N) is 1. The normalized spacial score (nSPS) is 13.9. The van der Waals surface area contributed by atoms with Crippen molar-refractivity contribution in [3.8, 4) is 0 Å². The molecule has 3 heterocycles. The summed E-state index contributed by atoms with van der Waals surface area (Å²) in [5, 5.41) is 3.70. The van der Waals surface area contributed by atoms with Gasteiger partial charge in [-0.2, -0.15) is 0 Å². The first-order valence-corrected chi connectivity index (χ1v) is 8.42. The van der Waals surface area contributed by atoms with Gasteiger partial charge in [0.15, 0.2) is 0 Å². The number of aromatic nitrogens is 2. The van der Waals surface area contributed by atoms with Crippen LogP contribution in [0.25, 0.3) is 0 Å². The molecular weight excluding hydrogens is 314 g/mol. The molecule has 2 N–H and O–H groups in total. The molecule has 0 fully saturated rings. The second kappa shape index (κ2) is 6.64. The van der Waals surface area contributed by atoms with Gasteiger partial charge in [0.05, 0.1) is 30.3 Å². The van der Waals surface area contributed by atoms with Crippen molar-refractivity contribution < 1.29 is 9.53 Å².